The molecule has 0 aliphatic heterocycles. The van der Waals surface area contributed by atoms with E-state index < -0.39 is 39.3 Å². The zero-order valence-electron chi connectivity index (χ0n) is 31.4. The molecule has 0 unspecified atom stereocenters. The highest BCUT2D eigenvalue weighted by molar-refractivity contribution is 7.88. The minimum atomic E-state index is -4.87. The Bertz CT molecular complexity index is 2140. The third-order valence-corrected chi connectivity index (χ3v) is 12.8. The van der Waals surface area contributed by atoms with Crippen molar-refractivity contribution in [1.82, 2.24) is 4.31 Å². The van der Waals surface area contributed by atoms with Gasteiger partial charge in [-0.3, -0.25) is 4.79 Å². The van der Waals surface area contributed by atoms with Crippen LogP contribution < -0.4 is 4.74 Å². The summed E-state index contributed by atoms with van der Waals surface area (Å²) in [5.41, 5.74) is 3.34. The van der Waals surface area contributed by atoms with Gasteiger partial charge in [0.2, 0.25) is 10.0 Å². The zero-order valence-corrected chi connectivity index (χ0v) is 32.2. The number of ether oxygens (including phenoxy) is 1. The van der Waals surface area contributed by atoms with Crippen molar-refractivity contribution in [3.8, 4) is 16.9 Å². The van der Waals surface area contributed by atoms with Gasteiger partial charge in [-0.05, 0) is 104 Å². The second kappa shape index (κ2) is 16.1. The fourth-order valence-electron chi connectivity index (χ4n) is 8.47. The molecule has 11 heteroatoms. The predicted molar refractivity (Wildman–Crippen MR) is 207 cm³/mol. The molecule has 2 bridgehead atoms. The van der Waals surface area contributed by atoms with Crippen LogP contribution in [-0.2, 0) is 23.0 Å². The molecule has 3 aliphatic carbocycles. The summed E-state index contributed by atoms with van der Waals surface area (Å²) < 4.78 is 70.2. The van der Waals surface area contributed by atoms with Crippen LogP contribution in [-0.4, -0.2) is 59.6 Å². The summed E-state index contributed by atoms with van der Waals surface area (Å²) in [5, 5.41) is 23.9. The number of allylic oxidation sites excluding steroid dienone is 2. The molecule has 0 amide bonds. The van der Waals surface area contributed by atoms with Gasteiger partial charge in [-0.15, -0.1) is 13.2 Å². The molecule has 7 nitrogen and oxygen atoms in total. The molecule has 4 aromatic rings. The molecule has 292 valence electrons. The molecule has 4 atom stereocenters. The molecule has 4 aromatic carbocycles. The fraction of sp³-hybridized carbons (Fsp3) is 0.386. The normalized spacial score (nSPS) is 23.5. The lowest BCUT2D eigenvalue weighted by molar-refractivity contribution is -0.274. The van der Waals surface area contributed by atoms with Crippen molar-refractivity contribution < 1.29 is 41.3 Å². The van der Waals surface area contributed by atoms with Crippen LogP contribution in [0.25, 0.3) is 11.1 Å². The van der Waals surface area contributed by atoms with Gasteiger partial charge in [0.1, 0.15) is 5.75 Å². The molecule has 3 aliphatic rings. The first kappa shape index (κ1) is 40.4. The molecular formula is C44H48F3NO6S. The van der Waals surface area contributed by atoms with E-state index in [0.717, 1.165) is 46.2 Å². The Labute approximate surface area is 321 Å². The minimum absolute atomic E-state index is 0.176. The van der Waals surface area contributed by atoms with Gasteiger partial charge < -0.3 is 14.9 Å². The number of halogens is 3. The van der Waals surface area contributed by atoms with Crippen LogP contribution >= 0.6 is 0 Å². The Morgan fingerprint density at radius 1 is 0.927 bits per heavy atom. The van der Waals surface area contributed by atoms with E-state index >= 15 is 0 Å². The van der Waals surface area contributed by atoms with Crippen LogP contribution in [0.1, 0.15) is 90.9 Å². The lowest BCUT2D eigenvalue weighted by Gasteiger charge is -2.45. The number of hydrogen-bond acceptors (Lipinski definition) is 6. The summed E-state index contributed by atoms with van der Waals surface area (Å²) in [6.07, 6.45) is 1.06. The highest BCUT2D eigenvalue weighted by Gasteiger charge is 2.58. The van der Waals surface area contributed by atoms with E-state index in [2.05, 4.69) is 10.8 Å². The third-order valence-electron chi connectivity index (χ3n) is 11.6. The molecule has 7 rings (SSSR count). The summed E-state index contributed by atoms with van der Waals surface area (Å²) in [6.45, 7) is 3.56. The molecule has 0 aromatic heterocycles. The maximum Gasteiger partial charge on any atom is 0.573 e. The Balaban J connectivity index is 1.42. The van der Waals surface area contributed by atoms with E-state index in [1.165, 1.54) is 16.4 Å². The lowest BCUT2D eigenvalue weighted by atomic mass is 9.64. The molecule has 2 N–H and O–H groups in total. The summed E-state index contributed by atoms with van der Waals surface area (Å²) in [5.74, 6) is -0.953. The topological polar surface area (TPSA) is 104 Å². The standard InChI is InChI=1S/C44H48F3NO6S/c1-30-10-9-24-42(2)40(23-25-43(42,51)29-48(55(3,52)53)28-31-16-20-35(21-17-31)54-44(45,46)47)37-22-18-32(26-34(49)19-15-30)27-39(37)41(50)38-14-8-7-13-36(38)33-11-5-4-6-12-33/h4-8,10-14,16-18,20-22,27,34,40,49,51H,9,15,19,23-26,28-29H2,1-3H3/t34-,40-,42-,43+/m0/s1. The number of fused-ring (bicyclic) bond motifs is 8. The molecule has 1 saturated carbocycles. The van der Waals surface area contributed by atoms with Gasteiger partial charge >= 0.3 is 6.36 Å². The SMILES string of the molecule is CC1=CCC[C@@]2(C)[C@@H](CC[C@@]2(O)CN(Cc2ccc(OC(F)(F)F)cc2)S(C)(=O)=O)c2ccc(cc2C(=O)c2ccccc2-c2ccccc2)C[C@@H](O)CC1. The van der Waals surface area contributed by atoms with E-state index in [1.54, 1.807) is 0 Å². The van der Waals surface area contributed by atoms with Crippen LogP contribution in [0.2, 0.25) is 0 Å². The molecular weight excluding hydrogens is 728 g/mol. The predicted octanol–water partition coefficient (Wildman–Crippen LogP) is 8.98. The van der Waals surface area contributed by atoms with Gasteiger partial charge in [-0.25, -0.2) is 8.42 Å². The van der Waals surface area contributed by atoms with Crippen molar-refractivity contribution in [2.75, 3.05) is 12.8 Å². The van der Waals surface area contributed by atoms with Gasteiger partial charge in [0.15, 0.2) is 5.78 Å². The number of carbonyl (C=O) groups is 1. The van der Waals surface area contributed by atoms with E-state index in [1.807, 2.05) is 86.6 Å². The second-order valence-electron chi connectivity index (χ2n) is 15.4. The minimum Gasteiger partial charge on any atom is -0.406 e. The van der Waals surface area contributed by atoms with Gasteiger partial charge in [0.05, 0.1) is 18.0 Å². The Morgan fingerprint density at radius 2 is 1.62 bits per heavy atom. The molecule has 0 radical (unpaired) electrons. The zero-order chi connectivity index (χ0) is 39.6. The largest absolute Gasteiger partial charge is 0.573 e. The first-order valence-corrected chi connectivity index (χ1v) is 20.5. The van der Waals surface area contributed by atoms with Gasteiger partial charge in [0.25, 0.3) is 0 Å². The number of aliphatic hydroxyl groups is 2. The first-order chi connectivity index (χ1) is 26.0. The fourth-order valence-corrected chi connectivity index (χ4v) is 9.31. The average molecular weight is 776 g/mol. The van der Waals surface area contributed by atoms with E-state index in [9.17, 15) is 36.6 Å². The third kappa shape index (κ3) is 9.23. The number of hydrogen-bond donors (Lipinski definition) is 2. The number of rotatable bonds is 9. The van der Waals surface area contributed by atoms with Crippen molar-refractivity contribution in [2.45, 2.75) is 89.3 Å². The van der Waals surface area contributed by atoms with Gasteiger partial charge in [-0.2, -0.15) is 4.31 Å². The number of aliphatic hydroxyl groups excluding tert-OH is 1. The Morgan fingerprint density at radius 3 is 2.31 bits per heavy atom. The molecule has 55 heavy (non-hydrogen) atoms. The lowest BCUT2D eigenvalue weighted by Crippen LogP contribution is -2.53. The number of benzene rings is 4. The maximum absolute atomic E-state index is 14.9. The quantitative estimate of drug-likeness (QED) is 0.130. The van der Waals surface area contributed by atoms with Gasteiger partial charge in [-0.1, -0.05) is 97.4 Å². The Hall–Kier alpha value is -4.29. The van der Waals surface area contributed by atoms with E-state index in [0.29, 0.717) is 55.2 Å². The molecule has 1 fully saturated rings. The number of alkyl halides is 3. The monoisotopic (exact) mass is 775 g/mol. The van der Waals surface area contributed by atoms with Crippen molar-refractivity contribution in [3.63, 3.8) is 0 Å². The van der Waals surface area contributed by atoms with Crippen LogP contribution in [0.4, 0.5) is 13.2 Å². The number of sulfonamides is 1. The smallest absolute Gasteiger partial charge is 0.406 e. The summed E-state index contributed by atoms with van der Waals surface area (Å²) in [4.78, 5) is 14.9. The van der Waals surface area contributed by atoms with Crippen molar-refractivity contribution >= 4 is 15.8 Å². The summed E-state index contributed by atoms with van der Waals surface area (Å²) in [7, 11) is -3.92. The average Bonchev–Trinajstić information content (AvgIpc) is 3.39. The number of nitrogens with zero attached hydrogens (tertiary/aromatic N) is 1. The maximum atomic E-state index is 14.9. The second-order valence-corrected chi connectivity index (χ2v) is 17.4. The molecule has 0 spiro atoms. The van der Waals surface area contributed by atoms with Crippen LogP contribution in [0, 0.1) is 5.41 Å². The van der Waals surface area contributed by atoms with E-state index in [4.69, 9.17) is 0 Å². The van der Waals surface area contributed by atoms with Crippen molar-refractivity contribution in [1.29, 1.82) is 0 Å². The highest BCUT2D eigenvalue weighted by Crippen LogP contribution is 2.59. The van der Waals surface area contributed by atoms with Gasteiger partial charge in [0, 0.05) is 29.6 Å². The summed E-state index contributed by atoms with van der Waals surface area (Å²) >= 11 is 0. The molecule has 0 heterocycles. The van der Waals surface area contributed by atoms with Crippen LogP contribution in [0.3, 0.4) is 0 Å². The van der Waals surface area contributed by atoms with Crippen LogP contribution in [0.5, 0.6) is 5.75 Å². The highest BCUT2D eigenvalue weighted by atomic mass is 32.2. The van der Waals surface area contributed by atoms with Crippen molar-refractivity contribution in [3.05, 3.63) is 137 Å². The molecule has 0 saturated heterocycles. The number of ketones is 1. The summed E-state index contributed by atoms with van der Waals surface area (Å²) in [6, 6.07) is 27.9. The van der Waals surface area contributed by atoms with Crippen LogP contribution in [0.15, 0.2) is 109 Å². The first-order valence-electron chi connectivity index (χ1n) is 18.6. The number of carbonyl (C=O) groups excluding carboxylic acids is 1. The van der Waals surface area contributed by atoms with Crippen molar-refractivity contribution in [2.24, 2.45) is 5.41 Å². The Kier molecular flexibility index (Phi) is 11.8. The van der Waals surface area contributed by atoms with E-state index in [-0.39, 0.29) is 31.2 Å².